The number of amides is 1. The number of anilines is 1. The van der Waals surface area contributed by atoms with Gasteiger partial charge in [-0.3, -0.25) is 4.79 Å². The van der Waals surface area contributed by atoms with Crippen LogP contribution < -0.4 is 20.5 Å². The van der Waals surface area contributed by atoms with E-state index in [-0.39, 0.29) is 40.6 Å². The largest absolute Gasteiger partial charge is 0.495 e. The van der Waals surface area contributed by atoms with Gasteiger partial charge in [0.25, 0.3) is 5.91 Å². The van der Waals surface area contributed by atoms with Crippen LogP contribution in [0.5, 0.6) is 5.75 Å². The molecule has 3 rings (SSSR count). The van der Waals surface area contributed by atoms with Crippen LogP contribution in [0.1, 0.15) is 28.8 Å². The summed E-state index contributed by atoms with van der Waals surface area (Å²) in [4.78, 5) is 12.4. The van der Waals surface area contributed by atoms with Crippen molar-refractivity contribution in [1.29, 1.82) is 0 Å². The quantitative estimate of drug-likeness (QED) is 0.561. The van der Waals surface area contributed by atoms with Gasteiger partial charge in [0.2, 0.25) is 10.0 Å². The molecule has 1 aliphatic rings. The average molecular weight is 426 g/mol. The number of hydrogen-bond acceptors (Lipinski definition) is 5. The molecule has 28 heavy (non-hydrogen) atoms. The van der Waals surface area contributed by atoms with E-state index in [9.17, 15) is 13.2 Å². The normalized spacial score (nSPS) is 13.5. The molecule has 152 valence electrons. The van der Waals surface area contributed by atoms with E-state index in [1.54, 1.807) is 6.07 Å². The number of carbonyl (C=O) groups excluding carboxylic acids is 1. The predicted octanol–water partition coefficient (Wildman–Crippen LogP) is 2.11. The van der Waals surface area contributed by atoms with E-state index in [0.29, 0.717) is 18.7 Å². The van der Waals surface area contributed by atoms with Gasteiger partial charge >= 0.3 is 0 Å². The Hall–Kier alpha value is -2.29. The van der Waals surface area contributed by atoms with Crippen LogP contribution in [0, 0.1) is 0 Å². The minimum absolute atomic E-state index is 0. The summed E-state index contributed by atoms with van der Waals surface area (Å²) in [5.41, 5.74) is 7.66. The number of sulfonamides is 1. The molecule has 7 nitrogen and oxygen atoms in total. The van der Waals surface area contributed by atoms with Gasteiger partial charge in [0.05, 0.1) is 7.11 Å². The third kappa shape index (κ3) is 5.60. The first-order valence-electron chi connectivity index (χ1n) is 8.72. The van der Waals surface area contributed by atoms with Crippen LogP contribution in [0.4, 0.5) is 5.69 Å². The molecule has 2 aromatic rings. The van der Waals surface area contributed by atoms with Crippen molar-refractivity contribution >= 4 is 34.0 Å². The maximum atomic E-state index is 12.5. The van der Waals surface area contributed by atoms with Crippen molar-refractivity contribution in [2.75, 3.05) is 19.4 Å². The second kappa shape index (κ2) is 9.27. The first kappa shape index (κ1) is 22.0. The Morgan fingerprint density at radius 2 is 1.86 bits per heavy atom. The lowest BCUT2D eigenvalue weighted by Gasteiger charge is -2.12. The molecule has 0 saturated heterocycles. The monoisotopic (exact) mass is 425 g/mol. The number of halogens is 1. The highest BCUT2D eigenvalue weighted by molar-refractivity contribution is 7.89. The molecule has 2 aromatic carbocycles. The van der Waals surface area contributed by atoms with Gasteiger partial charge in [0.15, 0.2) is 0 Å². The van der Waals surface area contributed by atoms with Crippen LogP contribution in [0.2, 0.25) is 0 Å². The highest BCUT2D eigenvalue weighted by Crippen LogP contribution is 2.28. The first-order valence-corrected chi connectivity index (χ1v) is 10.2. The van der Waals surface area contributed by atoms with Gasteiger partial charge in [-0.15, -0.1) is 12.4 Å². The number of hydrogen-bond donors (Lipinski definition) is 3. The summed E-state index contributed by atoms with van der Waals surface area (Å²) >= 11 is 0. The van der Waals surface area contributed by atoms with Gasteiger partial charge in [0.1, 0.15) is 10.6 Å². The summed E-state index contributed by atoms with van der Waals surface area (Å²) in [5.74, 6) is -0.127. The molecule has 0 heterocycles. The Bertz CT molecular complexity index is 929. The van der Waals surface area contributed by atoms with Crippen molar-refractivity contribution in [3.8, 4) is 5.75 Å². The van der Waals surface area contributed by atoms with Gasteiger partial charge in [-0.25, -0.2) is 13.1 Å². The number of nitrogens with one attached hydrogen (secondary N) is 2. The number of nitrogen functional groups attached to an aromatic ring is 1. The maximum Gasteiger partial charge on any atom is 0.251 e. The highest BCUT2D eigenvalue weighted by atomic mass is 35.5. The van der Waals surface area contributed by atoms with Gasteiger partial charge in [-0.2, -0.15) is 0 Å². The summed E-state index contributed by atoms with van der Waals surface area (Å²) in [6, 6.07) is 11.8. The lowest BCUT2D eigenvalue weighted by molar-refractivity contribution is 0.0954. The molecule has 0 unspecified atom stereocenters. The molecule has 0 aliphatic heterocycles. The standard InChI is InChI=1S/C19H23N3O4S.ClH/c1-26-17-9-4-14(12-18(17)27(24,25)22-16-7-8-16)19(23)21-11-10-13-2-5-15(20)6-3-13;/h2-6,9,12,16,22H,7-8,10-11,20H2,1H3,(H,21,23);1H. The van der Waals surface area contributed by atoms with E-state index >= 15 is 0 Å². The number of nitrogens with two attached hydrogens (primary N) is 1. The van der Waals surface area contributed by atoms with E-state index < -0.39 is 10.0 Å². The zero-order chi connectivity index (χ0) is 19.4. The number of methoxy groups -OCH3 is 1. The molecule has 0 spiro atoms. The second-order valence-electron chi connectivity index (χ2n) is 6.51. The van der Waals surface area contributed by atoms with Crippen molar-refractivity contribution in [2.45, 2.75) is 30.2 Å². The van der Waals surface area contributed by atoms with Gasteiger partial charge in [-0.05, 0) is 55.2 Å². The summed E-state index contributed by atoms with van der Waals surface area (Å²) in [6.07, 6.45) is 2.30. The van der Waals surface area contributed by atoms with Crippen molar-refractivity contribution < 1.29 is 17.9 Å². The Balaban J connectivity index is 0.00000280. The third-order valence-corrected chi connectivity index (χ3v) is 5.84. The van der Waals surface area contributed by atoms with Crippen molar-refractivity contribution in [3.05, 3.63) is 53.6 Å². The topological polar surface area (TPSA) is 111 Å². The van der Waals surface area contributed by atoms with E-state index in [4.69, 9.17) is 10.5 Å². The zero-order valence-corrected chi connectivity index (χ0v) is 17.1. The molecule has 0 aromatic heterocycles. The molecule has 9 heteroatoms. The van der Waals surface area contributed by atoms with Gasteiger partial charge < -0.3 is 15.8 Å². The van der Waals surface area contributed by atoms with E-state index in [1.165, 1.54) is 19.2 Å². The lowest BCUT2D eigenvalue weighted by Crippen LogP contribution is -2.28. The maximum absolute atomic E-state index is 12.5. The van der Waals surface area contributed by atoms with Crippen LogP contribution in [-0.4, -0.2) is 34.0 Å². The molecule has 0 radical (unpaired) electrons. The average Bonchev–Trinajstić information content (AvgIpc) is 3.46. The molecular formula is C19H24ClN3O4S. The fourth-order valence-electron chi connectivity index (χ4n) is 2.62. The molecule has 0 bridgehead atoms. The summed E-state index contributed by atoms with van der Waals surface area (Å²) < 4.78 is 32.8. The van der Waals surface area contributed by atoms with Crippen LogP contribution >= 0.6 is 12.4 Å². The van der Waals surface area contributed by atoms with Gasteiger partial charge in [0, 0.05) is 23.8 Å². The van der Waals surface area contributed by atoms with Crippen LogP contribution in [0.3, 0.4) is 0 Å². The molecule has 4 N–H and O–H groups in total. The Kier molecular flexibility index (Phi) is 7.29. The fourth-order valence-corrected chi connectivity index (χ4v) is 4.12. The minimum Gasteiger partial charge on any atom is -0.495 e. The summed E-state index contributed by atoms with van der Waals surface area (Å²) in [7, 11) is -2.33. The molecule has 1 saturated carbocycles. The Morgan fingerprint density at radius 1 is 1.18 bits per heavy atom. The van der Waals surface area contributed by atoms with Crippen LogP contribution in [-0.2, 0) is 16.4 Å². The molecular weight excluding hydrogens is 402 g/mol. The van der Waals surface area contributed by atoms with Crippen molar-refractivity contribution in [3.63, 3.8) is 0 Å². The predicted molar refractivity (Wildman–Crippen MR) is 110 cm³/mol. The third-order valence-electron chi connectivity index (χ3n) is 4.29. The van der Waals surface area contributed by atoms with Gasteiger partial charge in [-0.1, -0.05) is 12.1 Å². The van der Waals surface area contributed by atoms with Crippen LogP contribution in [0.25, 0.3) is 0 Å². The SMILES string of the molecule is COc1ccc(C(=O)NCCc2ccc(N)cc2)cc1S(=O)(=O)NC1CC1.Cl. The minimum atomic E-state index is -3.73. The summed E-state index contributed by atoms with van der Waals surface area (Å²) in [6.45, 7) is 0.428. The molecule has 1 amide bonds. The molecule has 0 atom stereocenters. The fraction of sp³-hybridized carbons (Fsp3) is 0.316. The number of rotatable bonds is 8. The number of carbonyl (C=O) groups is 1. The number of benzene rings is 2. The van der Waals surface area contributed by atoms with Crippen molar-refractivity contribution in [2.24, 2.45) is 0 Å². The van der Waals surface area contributed by atoms with E-state index in [2.05, 4.69) is 10.0 Å². The molecule has 1 aliphatic carbocycles. The second-order valence-corrected chi connectivity index (χ2v) is 8.19. The highest BCUT2D eigenvalue weighted by Gasteiger charge is 2.30. The zero-order valence-electron chi connectivity index (χ0n) is 15.5. The van der Waals surface area contributed by atoms with Crippen molar-refractivity contribution in [1.82, 2.24) is 10.0 Å². The summed E-state index contributed by atoms with van der Waals surface area (Å²) in [5, 5.41) is 2.81. The lowest BCUT2D eigenvalue weighted by atomic mass is 10.1. The molecule has 1 fully saturated rings. The first-order chi connectivity index (χ1) is 12.9. The smallest absolute Gasteiger partial charge is 0.251 e. The van der Waals surface area contributed by atoms with Crippen LogP contribution in [0.15, 0.2) is 47.4 Å². The number of ether oxygens (including phenoxy) is 1. The van der Waals surface area contributed by atoms with E-state index in [1.807, 2.05) is 24.3 Å². The Morgan fingerprint density at radius 3 is 2.46 bits per heavy atom. The Labute approximate surface area is 171 Å². The van der Waals surface area contributed by atoms with E-state index in [0.717, 1.165) is 18.4 Å².